The van der Waals surface area contributed by atoms with Crippen LogP contribution in [0.25, 0.3) is 0 Å². The van der Waals surface area contributed by atoms with Crippen LogP contribution < -0.4 is 16.0 Å². The molecule has 0 aromatic carbocycles. The number of carbonyl (C=O) groups is 1. The number of nitrogens with two attached hydrogens (primary N) is 1. The number of rotatable bonds is 10. The predicted molar refractivity (Wildman–Crippen MR) is 88.1 cm³/mol. The molecule has 0 radical (unpaired) electrons. The van der Waals surface area contributed by atoms with Gasteiger partial charge in [-0.05, 0) is 33.1 Å². The van der Waals surface area contributed by atoms with Gasteiger partial charge in [-0.2, -0.15) is 0 Å². The monoisotopic (exact) mass is 314 g/mol. The average Bonchev–Trinajstić information content (AvgIpc) is 2.86. The Labute approximate surface area is 130 Å². The number of methoxy groups -OCH3 is 1. The second-order valence-electron chi connectivity index (χ2n) is 4.69. The molecular formula is C14H26N4O2S. The van der Waals surface area contributed by atoms with E-state index in [9.17, 15) is 4.79 Å². The fourth-order valence-corrected chi connectivity index (χ4v) is 2.97. The second-order valence-corrected chi connectivity index (χ2v) is 5.67. The van der Waals surface area contributed by atoms with Crippen molar-refractivity contribution in [3.8, 4) is 0 Å². The molecule has 120 valence electrons. The first-order valence-corrected chi connectivity index (χ1v) is 8.24. The topological polar surface area (TPSA) is 80.5 Å². The van der Waals surface area contributed by atoms with Crippen molar-refractivity contribution < 1.29 is 9.53 Å². The Morgan fingerprint density at radius 3 is 2.67 bits per heavy atom. The molecule has 0 aliphatic carbocycles. The van der Waals surface area contributed by atoms with Gasteiger partial charge in [0.25, 0.3) is 5.91 Å². The first-order valence-electron chi connectivity index (χ1n) is 7.42. The Morgan fingerprint density at radius 1 is 1.33 bits per heavy atom. The van der Waals surface area contributed by atoms with Gasteiger partial charge in [-0.25, -0.2) is 4.98 Å². The molecule has 0 saturated carbocycles. The van der Waals surface area contributed by atoms with Gasteiger partial charge in [-0.1, -0.05) is 11.3 Å². The lowest BCUT2D eigenvalue weighted by Crippen LogP contribution is -2.24. The van der Waals surface area contributed by atoms with E-state index in [0.29, 0.717) is 17.2 Å². The van der Waals surface area contributed by atoms with E-state index in [2.05, 4.69) is 29.0 Å². The van der Waals surface area contributed by atoms with Crippen molar-refractivity contribution in [2.75, 3.05) is 44.0 Å². The molecule has 1 amide bonds. The van der Waals surface area contributed by atoms with Crippen molar-refractivity contribution >= 4 is 28.2 Å². The number of aromatic nitrogens is 1. The first kappa shape index (κ1) is 17.7. The lowest BCUT2D eigenvalue weighted by molar-refractivity contribution is 0.0957. The van der Waals surface area contributed by atoms with Crippen LogP contribution in [0.15, 0.2) is 0 Å². The van der Waals surface area contributed by atoms with E-state index < -0.39 is 0 Å². The maximum absolute atomic E-state index is 12.1. The van der Waals surface area contributed by atoms with Crippen LogP contribution in [0.2, 0.25) is 0 Å². The number of thiazole rings is 1. The van der Waals surface area contributed by atoms with Crippen molar-refractivity contribution in [2.24, 2.45) is 0 Å². The molecule has 1 rings (SSSR count). The number of amides is 1. The Bertz CT molecular complexity index is 433. The SMILES string of the molecule is CCN(CC)c1nc(N)c(C(=O)NCCCCCOC)s1. The summed E-state index contributed by atoms with van der Waals surface area (Å²) in [6, 6.07) is 0. The summed E-state index contributed by atoms with van der Waals surface area (Å²) in [5.41, 5.74) is 5.85. The molecule has 0 aliphatic rings. The molecule has 0 unspecified atom stereocenters. The maximum atomic E-state index is 12.1. The molecule has 0 aliphatic heterocycles. The molecule has 0 fully saturated rings. The lowest BCUT2D eigenvalue weighted by atomic mass is 10.2. The van der Waals surface area contributed by atoms with Gasteiger partial charge in [-0.3, -0.25) is 4.79 Å². The van der Waals surface area contributed by atoms with Crippen LogP contribution in [0, 0.1) is 0 Å². The summed E-state index contributed by atoms with van der Waals surface area (Å²) in [5, 5.41) is 3.71. The Morgan fingerprint density at radius 2 is 2.05 bits per heavy atom. The molecular weight excluding hydrogens is 288 g/mol. The molecule has 3 N–H and O–H groups in total. The van der Waals surface area contributed by atoms with Gasteiger partial charge >= 0.3 is 0 Å². The fourth-order valence-electron chi connectivity index (χ4n) is 1.94. The number of nitrogens with one attached hydrogen (secondary N) is 1. The van der Waals surface area contributed by atoms with Crippen LogP contribution in [0.5, 0.6) is 0 Å². The summed E-state index contributed by atoms with van der Waals surface area (Å²) in [5.74, 6) is 0.189. The minimum atomic E-state index is -0.129. The quantitative estimate of drug-likeness (QED) is 0.647. The smallest absolute Gasteiger partial charge is 0.265 e. The molecule has 6 nitrogen and oxygen atoms in total. The summed E-state index contributed by atoms with van der Waals surface area (Å²) < 4.78 is 4.99. The van der Waals surface area contributed by atoms with Crippen molar-refractivity contribution in [1.29, 1.82) is 0 Å². The lowest BCUT2D eigenvalue weighted by Gasteiger charge is -2.16. The van der Waals surface area contributed by atoms with Crippen LogP contribution in [-0.2, 0) is 4.74 Å². The number of unbranched alkanes of at least 4 members (excludes halogenated alkanes) is 2. The van der Waals surface area contributed by atoms with E-state index in [4.69, 9.17) is 10.5 Å². The van der Waals surface area contributed by atoms with Gasteiger partial charge in [0.15, 0.2) is 5.13 Å². The third-order valence-corrected chi connectivity index (χ3v) is 4.32. The molecule has 1 aromatic rings. The van der Waals surface area contributed by atoms with Gasteiger partial charge in [-0.15, -0.1) is 0 Å². The summed E-state index contributed by atoms with van der Waals surface area (Å²) in [6.07, 6.45) is 2.99. The number of nitrogen functional groups attached to an aromatic ring is 1. The summed E-state index contributed by atoms with van der Waals surface area (Å²) in [4.78, 5) is 19.0. The van der Waals surface area contributed by atoms with E-state index in [1.54, 1.807) is 7.11 Å². The molecule has 0 spiro atoms. The average molecular weight is 314 g/mol. The van der Waals surface area contributed by atoms with Crippen LogP contribution in [0.3, 0.4) is 0 Å². The third-order valence-electron chi connectivity index (χ3n) is 3.19. The number of hydrogen-bond acceptors (Lipinski definition) is 6. The summed E-state index contributed by atoms with van der Waals surface area (Å²) in [7, 11) is 1.70. The third kappa shape index (κ3) is 5.51. The number of carbonyl (C=O) groups excluding carboxylic acids is 1. The van der Waals surface area contributed by atoms with Gasteiger partial charge in [0, 0.05) is 33.4 Å². The highest BCUT2D eigenvalue weighted by Crippen LogP contribution is 2.27. The first-order chi connectivity index (χ1) is 10.1. The van der Waals surface area contributed by atoms with Crippen molar-refractivity contribution in [3.05, 3.63) is 4.88 Å². The summed E-state index contributed by atoms with van der Waals surface area (Å²) >= 11 is 1.35. The second kappa shape index (κ2) is 9.57. The maximum Gasteiger partial charge on any atom is 0.265 e. The molecule has 1 heterocycles. The largest absolute Gasteiger partial charge is 0.385 e. The van der Waals surface area contributed by atoms with Crippen molar-refractivity contribution in [1.82, 2.24) is 10.3 Å². The highest BCUT2D eigenvalue weighted by molar-refractivity contribution is 7.18. The predicted octanol–water partition coefficient (Wildman–Crippen LogP) is 2.12. The summed E-state index contributed by atoms with van der Waals surface area (Å²) in [6.45, 7) is 7.24. The zero-order chi connectivity index (χ0) is 15.7. The Hall–Kier alpha value is -1.34. The van der Waals surface area contributed by atoms with Crippen molar-refractivity contribution in [2.45, 2.75) is 33.1 Å². The molecule has 21 heavy (non-hydrogen) atoms. The zero-order valence-corrected chi connectivity index (χ0v) is 14.0. The molecule has 7 heteroatoms. The van der Waals surface area contributed by atoms with Crippen LogP contribution in [0.4, 0.5) is 10.9 Å². The highest BCUT2D eigenvalue weighted by atomic mass is 32.1. The Kier molecular flexibility index (Phi) is 8.07. The molecule has 1 aromatic heterocycles. The van der Waals surface area contributed by atoms with E-state index >= 15 is 0 Å². The van der Waals surface area contributed by atoms with E-state index in [0.717, 1.165) is 44.1 Å². The fraction of sp³-hybridized carbons (Fsp3) is 0.714. The van der Waals surface area contributed by atoms with Crippen LogP contribution in [-0.4, -0.2) is 44.2 Å². The van der Waals surface area contributed by atoms with Crippen LogP contribution >= 0.6 is 11.3 Å². The number of nitrogens with zero attached hydrogens (tertiary/aromatic N) is 2. The van der Waals surface area contributed by atoms with Crippen LogP contribution in [0.1, 0.15) is 42.8 Å². The molecule has 0 bridgehead atoms. The highest BCUT2D eigenvalue weighted by Gasteiger charge is 2.18. The van der Waals surface area contributed by atoms with Gasteiger partial charge in [0.1, 0.15) is 10.7 Å². The molecule has 0 saturated heterocycles. The van der Waals surface area contributed by atoms with E-state index in [1.807, 2.05) is 0 Å². The minimum absolute atomic E-state index is 0.129. The zero-order valence-electron chi connectivity index (χ0n) is 13.1. The van der Waals surface area contributed by atoms with E-state index in [1.165, 1.54) is 11.3 Å². The van der Waals surface area contributed by atoms with E-state index in [-0.39, 0.29) is 5.91 Å². The van der Waals surface area contributed by atoms with Crippen molar-refractivity contribution in [3.63, 3.8) is 0 Å². The van der Waals surface area contributed by atoms with Gasteiger partial charge < -0.3 is 20.7 Å². The standard InChI is InChI=1S/C14H26N4O2S/c1-4-18(5-2)14-17-12(15)11(21-14)13(19)16-9-7-6-8-10-20-3/h4-10,15H2,1-3H3,(H,16,19). The number of hydrogen-bond donors (Lipinski definition) is 2. The van der Waals surface area contributed by atoms with Gasteiger partial charge in [0.05, 0.1) is 0 Å². The normalized spacial score (nSPS) is 10.6. The minimum Gasteiger partial charge on any atom is -0.385 e. The molecule has 0 atom stereocenters. The van der Waals surface area contributed by atoms with Gasteiger partial charge in [0.2, 0.25) is 0 Å². The Balaban J connectivity index is 2.47. The number of ether oxygens (including phenoxy) is 1. The number of anilines is 2.